The van der Waals surface area contributed by atoms with Gasteiger partial charge in [-0.2, -0.15) is 0 Å². The lowest BCUT2D eigenvalue weighted by Gasteiger charge is -2.46. The van der Waals surface area contributed by atoms with Gasteiger partial charge in [0.05, 0.1) is 0 Å². The predicted molar refractivity (Wildman–Crippen MR) is 167 cm³/mol. The molecule has 0 N–H and O–H groups in total. The van der Waals surface area contributed by atoms with E-state index in [2.05, 4.69) is 158 Å². The number of alkyl halides is 5. The maximum Gasteiger partial charge on any atom is 0.0348 e. The summed E-state index contributed by atoms with van der Waals surface area (Å²) in [7, 11) is 0. The number of hydrogen-bond acceptors (Lipinski definition) is 0. The molecule has 28 heavy (non-hydrogen) atoms. The zero-order valence-electron chi connectivity index (χ0n) is 16.8. The van der Waals surface area contributed by atoms with Gasteiger partial charge in [0.15, 0.2) is 0 Å². The van der Waals surface area contributed by atoms with Crippen molar-refractivity contribution < 1.29 is 0 Å². The zero-order chi connectivity index (χ0) is 20.6. The van der Waals surface area contributed by atoms with Gasteiger partial charge in [0.1, 0.15) is 0 Å². The van der Waals surface area contributed by atoms with E-state index in [-0.39, 0.29) is 0 Å². The minimum absolute atomic E-state index is 0.706. The van der Waals surface area contributed by atoms with Crippen molar-refractivity contribution in [1.82, 2.24) is 0 Å². The van der Waals surface area contributed by atoms with Gasteiger partial charge in [0.2, 0.25) is 0 Å². The fourth-order valence-corrected chi connectivity index (χ4v) is 11.8. The van der Waals surface area contributed by atoms with Crippen LogP contribution in [0.4, 0.5) is 0 Å². The largest absolute Gasteiger partial charge is 0.0820 e. The standard InChI is InChI=1S/C23H31I5/c1-4-18(24)17-11-20(26)21(16-8-6-5-7-15(16)17)13(3)12(2)14-9-10-19(25)23(28)22(14)27/h5-8,12-14,17-23H,4,9-11H2,1-3H3/t12-,13+,14?,17?,18?,19?,20?,21?,22?,23?/m0/s1. The van der Waals surface area contributed by atoms with E-state index >= 15 is 0 Å². The summed E-state index contributed by atoms with van der Waals surface area (Å²) in [6.45, 7) is 7.49. The molecular formula is C23H31I5. The molecular weight excluding hydrogens is 911 g/mol. The molecule has 158 valence electrons. The molecule has 0 heterocycles. The number of halogens is 5. The molecule has 3 rings (SSSR count). The minimum Gasteiger partial charge on any atom is -0.0820 e. The lowest BCUT2D eigenvalue weighted by atomic mass is 9.65. The maximum atomic E-state index is 2.80. The molecule has 0 bridgehead atoms. The molecule has 0 amide bonds. The average molecular weight is 942 g/mol. The van der Waals surface area contributed by atoms with E-state index in [9.17, 15) is 0 Å². The first-order valence-corrected chi connectivity index (χ1v) is 16.8. The SMILES string of the molecule is CCC(I)C1CC(I)C([C@H](C)[C@H](C)C2CCC(I)C(I)C2I)c2ccccc21. The van der Waals surface area contributed by atoms with Crippen molar-refractivity contribution in [3.63, 3.8) is 0 Å². The second-order valence-electron chi connectivity index (χ2n) is 8.80. The molecule has 0 nitrogen and oxygen atoms in total. The van der Waals surface area contributed by atoms with E-state index in [1.807, 2.05) is 0 Å². The molecule has 10 atom stereocenters. The summed E-state index contributed by atoms with van der Waals surface area (Å²) in [5.41, 5.74) is 3.33. The van der Waals surface area contributed by atoms with E-state index in [0.717, 1.165) is 43.3 Å². The molecule has 1 aromatic rings. The Morgan fingerprint density at radius 3 is 2.18 bits per heavy atom. The monoisotopic (exact) mass is 942 g/mol. The van der Waals surface area contributed by atoms with Gasteiger partial charge in [-0.25, -0.2) is 0 Å². The highest BCUT2D eigenvalue weighted by atomic mass is 127. The molecule has 0 aromatic heterocycles. The Bertz CT molecular complexity index is 650. The number of benzene rings is 1. The van der Waals surface area contributed by atoms with Crippen molar-refractivity contribution in [3.05, 3.63) is 35.4 Å². The van der Waals surface area contributed by atoms with Crippen molar-refractivity contribution in [2.75, 3.05) is 0 Å². The first kappa shape index (κ1) is 25.5. The van der Waals surface area contributed by atoms with Gasteiger partial charge in [0, 0.05) is 19.6 Å². The van der Waals surface area contributed by atoms with Crippen LogP contribution in [0.1, 0.15) is 69.4 Å². The van der Waals surface area contributed by atoms with Crippen LogP contribution in [0.3, 0.4) is 0 Å². The van der Waals surface area contributed by atoms with Crippen molar-refractivity contribution in [1.29, 1.82) is 0 Å². The molecule has 0 aliphatic heterocycles. The minimum atomic E-state index is 0.706. The topological polar surface area (TPSA) is 0 Å². The molecule has 2 aliphatic rings. The zero-order valence-corrected chi connectivity index (χ0v) is 27.6. The predicted octanol–water partition coefficient (Wildman–Crippen LogP) is 9.37. The van der Waals surface area contributed by atoms with Gasteiger partial charge in [-0.1, -0.05) is 158 Å². The van der Waals surface area contributed by atoms with Gasteiger partial charge in [-0.05, 0) is 66.4 Å². The Labute approximate surface area is 240 Å². The van der Waals surface area contributed by atoms with E-state index in [1.54, 1.807) is 11.1 Å². The first-order valence-electron chi connectivity index (χ1n) is 10.6. The Kier molecular flexibility index (Phi) is 10.3. The van der Waals surface area contributed by atoms with Crippen molar-refractivity contribution in [2.24, 2.45) is 17.8 Å². The second-order valence-corrected chi connectivity index (χ2v) is 16.5. The van der Waals surface area contributed by atoms with E-state index in [1.165, 1.54) is 25.7 Å². The molecule has 1 aromatic carbocycles. The number of fused-ring (bicyclic) bond motifs is 1. The lowest BCUT2D eigenvalue weighted by molar-refractivity contribution is 0.195. The normalized spacial score (nSPS) is 39.1. The van der Waals surface area contributed by atoms with Crippen LogP contribution in [0.15, 0.2) is 24.3 Å². The molecule has 5 heteroatoms. The van der Waals surface area contributed by atoms with Crippen LogP contribution in [0, 0.1) is 17.8 Å². The third kappa shape index (κ3) is 5.33. The lowest BCUT2D eigenvalue weighted by Crippen LogP contribution is -2.42. The van der Waals surface area contributed by atoms with Crippen molar-refractivity contribution in [3.8, 4) is 0 Å². The van der Waals surface area contributed by atoms with Gasteiger partial charge < -0.3 is 0 Å². The summed E-state index contributed by atoms with van der Waals surface area (Å²) in [5, 5.41) is 0. The molecule has 0 radical (unpaired) electrons. The summed E-state index contributed by atoms with van der Waals surface area (Å²) in [4.78, 5) is 0. The van der Waals surface area contributed by atoms with E-state index in [0.29, 0.717) is 5.92 Å². The highest BCUT2D eigenvalue weighted by Gasteiger charge is 2.44. The molecule has 0 spiro atoms. The molecule has 1 saturated carbocycles. The number of rotatable bonds is 5. The quantitative estimate of drug-likeness (QED) is 0.204. The maximum absolute atomic E-state index is 2.80. The summed E-state index contributed by atoms with van der Waals surface area (Å²) in [6.07, 6.45) is 5.44. The van der Waals surface area contributed by atoms with E-state index in [4.69, 9.17) is 0 Å². The number of hydrogen-bond donors (Lipinski definition) is 0. The Hall–Kier alpha value is 2.87. The molecule has 1 fully saturated rings. The van der Waals surface area contributed by atoms with Crippen LogP contribution in [0.2, 0.25) is 0 Å². The average Bonchev–Trinajstić information content (AvgIpc) is 2.70. The van der Waals surface area contributed by atoms with Crippen LogP contribution >= 0.6 is 113 Å². The van der Waals surface area contributed by atoms with Crippen LogP contribution in [-0.4, -0.2) is 19.6 Å². The van der Waals surface area contributed by atoms with Gasteiger partial charge in [0.25, 0.3) is 0 Å². The Balaban J connectivity index is 1.87. The summed E-state index contributed by atoms with van der Waals surface area (Å²) in [6, 6.07) is 9.46. The summed E-state index contributed by atoms with van der Waals surface area (Å²) < 4.78 is 3.98. The van der Waals surface area contributed by atoms with Crippen LogP contribution in [-0.2, 0) is 0 Å². The van der Waals surface area contributed by atoms with Gasteiger partial charge in [-0.15, -0.1) is 0 Å². The Morgan fingerprint density at radius 1 is 0.893 bits per heavy atom. The fourth-order valence-electron chi connectivity index (χ4n) is 5.48. The van der Waals surface area contributed by atoms with Crippen LogP contribution in [0.25, 0.3) is 0 Å². The Morgan fingerprint density at radius 2 is 1.54 bits per heavy atom. The van der Waals surface area contributed by atoms with Crippen molar-refractivity contribution in [2.45, 2.75) is 77.9 Å². The van der Waals surface area contributed by atoms with E-state index < -0.39 is 0 Å². The summed E-state index contributed by atoms with van der Waals surface area (Å²) >= 11 is 13.7. The molecule has 8 unspecified atom stereocenters. The first-order chi connectivity index (χ1) is 13.3. The smallest absolute Gasteiger partial charge is 0.0348 e. The highest BCUT2D eigenvalue weighted by molar-refractivity contribution is 14.1. The third-order valence-electron chi connectivity index (χ3n) is 7.36. The molecule has 0 saturated heterocycles. The fraction of sp³-hybridized carbons (Fsp3) is 0.739. The van der Waals surface area contributed by atoms with Gasteiger partial charge in [-0.3, -0.25) is 0 Å². The van der Waals surface area contributed by atoms with Crippen molar-refractivity contribution >= 4 is 113 Å². The van der Waals surface area contributed by atoms with Crippen LogP contribution < -0.4 is 0 Å². The molecule has 2 aliphatic carbocycles. The van der Waals surface area contributed by atoms with Gasteiger partial charge >= 0.3 is 0 Å². The highest BCUT2D eigenvalue weighted by Crippen LogP contribution is 2.53. The second kappa shape index (κ2) is 11.3. The summed E-state index contributed by atoms with van der Waals surface area (Å²) in [5.74, 6) is 3.83. The van der Waals surface area contributed by atoms with Crippen LogP contribution in [0.5, 0.6) is 0 Å². The third-order valence-corrected chi connectivity index (χ3v) is 17.9.